The van der Waals surface area contributed by atoms with Gasteiger partial charge in [-0.2, -0.15) is 5.10 Å². The van der Waals surface area contributed by atoms with E-state index >= 15 is 0 Å². The molecule has 1 atom stereocenters. The average molecular weight is 323 g/mol. The van der Waals surface area contributed by atoms with Gasteiger partial charge in [0.05, 0.1) is 11.8 Å². The maximum absolute atomic E-state index is 10.4. The summed E-state index contributed by atoms with van der Waals surface area (Å²) in [6.45, 7) is 6.89. The highest BCUT2D eigenvalue weighted by molar-refractivity contribution is 9.10. The zero-order valence-corrected chi connectivity index (χ0v) is 13.1. The Kier molecular flexibility index (Phi) is 4.42. The number of hydrogen-bond acceptors (Lipinski definition) is 2. The van der Waals surface area contributed by atoms with Gasteiger partial charge in [0.25, 0.3) is 0 Å². The first-order valence-electron chi connectivity index (χ1n) is 6.49. The molecule has 0 saturated heterocycles. The molecule has 3 nitrogen and oxygen atoms in total. The van der Waals surface area contributed by atoms with Gasteiger partial charge < -0.3 is 5.11 Å². The van der Waals surface area contributed by atoms with Crippen molar-refractivity contribution in [3.05, 3.63) is 51.3 Å². The molecule has 4 heteroatoms. The van der Waals surface area contributed by atoms with Crippen molar-refractivity contribution < 1.29 is 5.11 Å². The molecule has 1 heterocycles. The molecular weight excluding hydrogens is 304 g/mol. The summed E-state index contributed by atoms with van der Waals surface area (Å²) in [7, 11) is 0. The normalized spacial score (nSPS) is 12.7. The van der Waals surface area contributed by atoms with Crippen molar-refractivity contribution in [1.29, 1.82) is 0 Å². The summed E-state index contributed by atoms with van der Waals surface area (Å²) in [5.74, 6) is 0. The lowest BCUT2D eigenvalue weighted by Crippen LogP contribution is -2.09. The molecule has 0 aliphatic heterocycles. The molecule has 0 amide bonds. The zero-order chi connectivity index (χ0) is 14.0. The van der Waals surface area contributed by atoms with E-state index in [4.69, 9.17) is 0 Å². The van der Waals surface area contributed by atoms with Gasteiger partial charge in [-0.25, -0.2) is 0 Å². The van der Waals surface area contributed by atoms with Gasteiger partial charge in [-0.1, -0.05) is 34.1 Å². The fraction of sp³-hybridized carbons (Fsp3) is 0.400. The smallest absolute Gasteiger partial charge is 0.0856 e. The van der Waals surface area contributed by atoms with E-state index in [2.05, 4.69) is 28.0 Å². The monoisotopic (exact) mass is 322 g/mol. The van der Waals surface area contributed by atoms with Crippen molar-refractivity contribution in [2.75, 3.05) is 0 Å². The summed E-state index contributed by atoms with van der Waals surface area (Å²) < 4.78 is 2.93. The van der Waals surface area contributed by atoms with Crippen LogP contribution in [0.15, 0.2) is 28.7 Å². The van der Waals surface area contributed by atoms with Gasteiger partial charge in [0.2, 0.25) is 0 Å². The summed E-state index contributed by atoms with van der Waals surface area (Å²) >= 11 is 3.55. The molecule has 1 aromatic heterocycles. The van der Waals surface area contributed by atoms with E-state index in [1.807, 2.05) is 42.8 Å². The predicted octanol–water partition coefficient (Wildman–Crippen LogP) is 3.56. The maximum Gasteiger partial charge on any atom is 0.0856 e. The van der Waals surface area contributed by atoms with Crippen LogP contribution in [0.4, 0.5) is 0 Å². The van der Waals surface area contributed by atoms with Crippen molar-refractivity contribution in [3.8, 4) is 0 Å². The molecule has 0 radical (unpaired) electrons. The van der Waals surface area contributed by atoms with Crippen LogP contribution >= 0.6 is 15.9 Å². The van der Waals surface area contributed by atoms with E-state index in [0.29, 0.717) is 6.42 Å². The van der Waals surface area contributed by atoms with Crippen molar-refractivity contribution in [2.45, 2.75) is 39.8 Å². The molecule has 2 rings (SSSR count). The molecule has 1 aromatic carbocycles. The minimum atomic E-state index is -0.518. The Morgan fingerprint density at radius 2 is 2.11 bits per heavy atom. The highest BCUT2D eigenvalue weighted by atomic mass is 79.9. The number of aliphatic hydroxyl groups is 1. The SMILES string of the molecule is CCn1nc(C)cc1CC(O)c1cccc(C)c1Br. The van der Waals surface area contributed by atoms with E-state index in [1.54, 1.807) is 0 Å². The molecule has 2 aromatic rings. The number of aryl methyl sites for hydroxylation is 3. The predicted molar refractivity (Wildman–Crippen MR) is 80.2 cm³/mol. The number of benzene rings is 1. The van der Waals surface area contributed by atoms with Crippen molar-refractivity contribution >= 4 is 15.9 Å². The molecule has 0 fully saturated rings. The van der Waals surface area contributed by atoms with Crippen LogP contribution in [0, 0.1) is 13.8 Å². The number of aliphatic hydroxyl groups excluding tert-OH is 1. The lowest BCUT2D eigenvalue weighted by atomic mass is 10.0. The first-order valence-corrected chi connectivity index (χ1v) is 7.28. The Balaban J connectivity index is 2.25. The summed E-state index contributed by atoms with van der Waals surface area (Å²) in [6, 6.07) is 8.00. The fourth-order valence-corrected chi connectivity index (χ4v) is 2.80. The standard InChI is InChI=1S/C15H19BrN2O/c1-4-18-12(8-11(3)17-18)9-14(19)13-7-5-6-10(2)15(13)16/h5-8,14,19H,4,9H2,1-3H3. The number of nitrogens with zero attached hydrogens (tertiary/aromatic N) is 2. The largest absolute Gasteiger partial charge is 0.388 e. The molecule has 0 aliphatic rings. The second-order valence-corrected chi connectivity index (χ2v) is 5.58. The molecule has 19 heavy (non-hydrogen) atoms. The van der Waals surface area contributed by atoms with E-state index in [9.17, 15) is 5.11 Å². The van der Waals surface area contributed by atoms with Crippen LogP contribution in [0.25, 0.3) is 0 Å². The van der Waals surface area contributed by atoms with Crippen LogP contribution < -0.4 is 0 Å². The Morgan fingerprint density at radius 1 is 1.37 bits per heavy atom. The van der Waals surface area contributed by atoms with Gasteiger partial charge in [0, 0.05) is 23.1 Å². The topological polar surface area (TPSA) is 38.0 Å². The number of aromatic nitrogens is 2. The first kappa shape index (κ1) is 14.3. The van der Waals surface area contributed by atoms with Crippen LogP contribution in [-0.4, -0.2) is 14.9 Å². The molecule has 1 unspecified atom stereocenters. The minimum absolute atomic E-state index is 0.518. The Bertz CT molecular complexity index is 578. The van der Waals surface area contributed by atoms with Crippen LogP contribution in [0.5, 0.6) is 0 Å². The number of halogens is 1. The number of hydrogen-bond donors (Lipinski definition) is 1. The van der Waals surface area contributed by atoms with Crippen molar-refractivity contribution in [3.63, 3.8) is 0 Å². The Labute approximate surface area is 122 Å². The summed E-state index contributed by atoms with van der Waals surface area (Å²) in [6.07, 6.45) is 0.0622. The van der Waals surface area contributed by atoms with Crippen LogP contribution in [0.3, 0.4) is 0 Å². The van der Waals surface area contributed by atoms with Gasteiger partial charge in [-0.05, 0) is 38.0 Å². The average Bonchev–Trinajstić information content (AvgIpc) is 2.72. The van der Waals surface area contributed by atoms with E-state index in [0.717, 1.165) is 33.5 Å². The molecule has 0 spiro atoms. The van der Waals surface area contributed by atoms with E-state index < -0.39 is 6.10 Å². The molecule has 0 aliphatic carbocycles. The Hall–Kier alpha value is -1.13. The van der Waals surface area contributed by atoms with E-state index in [-0.39, 0.29) is 0 Å². The third-order valence-electron chi connectivity index (χ3n) is 3.27. The fourth-order valence-electron chi connectivity index (χ4n) is 2.27. The van der Waals surface area contributed by atoms with E-state index in [1.165, 1.54) is 0 Å². The lowest BCUT2D eigenvalue weighted by molar-refractivity contribution is 0.174. The molecule has 1 N–H and O–H groups in total. The summed E-state index contributed by atoms with van der Waals surface area (Å²) in [4.78, 5) is 0. The van der Waals surface area contributed by atoms with Gasteiger partial charge in [0.1, 0.15) is 0 Å². The highest BCUT2D eigenvalue weighted by Crippen LogP contribution is 2.28. The van der Waals surface area contributed by atoms with Gasteiger partial charge in [-0.15, -0.1) is 0 Å². The summed E-state index contributed by atoms with van der Waals surface area (Å²) in [5.41, 5.74) is 4.13. The molecule has 0 bridgehead atoms. The molecule has 0 saturated carbocycles. The highest BCUT2D eigenvalue weighted by Gasteiger charge is 2.15. The minimum Gasteiger partial charge on any atom is -0.388 e. The van der Waals surface area contributed by atoms with Crippen LogP contribution in [-0.2, 0) is 13.0 Å². The van der Waals surface area contributed by atoms with Crippen LogP contribution in [0.2, 0.25) is 0 Å². The Morgan fingerprint density at radius 3 is 2.79 bits per heavy atom. The third-order valence-corrected chi connectivity index (χ3v) is 4.35. The molecule has 102 valence electrons. The second kappa shape index (κ2) is 5.88. The first-order chi connectivity index (χ1) is 9.02. The van der Waals surface area contributed by atoms with Crippen LogP contribution in [0.1, 0.15) is 35.5 Å². The quantitative estimate of drug-likeness (QED) is 0.934. The van der Waals surface area contributed by atoms with Gasteiger partial charge >= 0.3 is 0 Å². The summed E-state index contributed by atoms with van der Waals surface area (Å²) in [5, 5.41) is 14.8. The van der Waals surface area contributed by atoms with Crippen molar-refractivity contribution in [1.82, 2.24) is 9.78 Å². The third kappa shape index (κ3) is 3.07. The van der Waals surface area contributed by atoms with Crippen molar-refractivity contribution in [2.24, 2.45) is 0 Å². The molecular formula is C15H19BrN2O. The van der Waals surface area contributed by atoms with Gasteiger partial charge in [-0.3, -0.25) is 4.68 Å². The zero-order valence-electron chi connectivity index (χ0n) is 11.5. The second-order valence-electron chi connectivity index (χ2n) is 4.79. The number of rotatable bonds is 4. The maximum atomic E-state index is 10.4. The van der Waals surface area contributed by atoms with Gasteiger partial charge in [0.15, 0.2) is 0 Å². The lowest BCUT2D eigenvalue weighted by Gasteiger charge is -2.15.